The van der Waals surface area contributed by atoms with Crippen LogP contribution in [0.2, 0.25) is 0 Å². The predicted molar refractivity (Wildman–Crippen MR) is 84.7 cm³/mol. The van der Waals surface area contributed by atoms with E-state index in [0.717, 1.165) is 11.5 Å². The number of hydrogen-bond donors (Lipinski definition) is 1. The van der Waals surface area contributed by atoms with Crippen molar-refractivity contribution in [3.8, 4) is 11.5 Å². The summed E-state index contributed by atoms with van der Waals surface area (Å²) in [7, 11) is 1.95. The Kier molecular flexibility index (Phi) is 4.22. The summed E-state index contributed by atoms with van der Waals surface area (Å²) < 4.78 is 11.4. The maximum absolute atomic E-state index is 5.73. The molecule has 0 saturated carbocycles. The molecule has 1 unspecified atom stereocenters. The Bertz CT molecular complexity index is 622. The van der Waals surface area contributed by atoms with E-state index in [-0.39, 0.29) is 6.04 Å². The van der Waals surface area contributed by atoms with Crippen LogP contribution >= 0.6 is 0 Å². The van der Waals surface area contributed by atoms with E-state index in [9.17, 15) is 0 Å². The molecular weight excluding hydrogens is 262 g/mol. The minimum Gasteiger partial charge on any atom is -0.491 e. The minimum absolute atomic E-state index is 0.284. The Hall–Kier alpha value is -2.26. The van der Waals surface area contributed by atoms with Crippen molar-refractivity contribution in [2.45, 2.75) is 6.04 Å². The van der Waals surface area contributed by atoms with Crippen molar-refractivity contribution >= 4 is 6.08 Å². The van der Waals surface area contributed by atoms with Crippen molar-refractivity contribution in [1.82, 2.24) is 5.32 Å². The van der Waals surface area contributed by atoms with E-state index in [0.29, 0.717) is 13.2 Å². The van der Waals surface area contributed by atoms with E-state index in [2.05, 4.69) is 29.6 Å². The van der Waals surface area contributed by atoms with Crippen molar-refractivity contribution in [2.24, 2.45) is 0 Å². The van der Waals surface area contributed by atoms with Gasteiger partial charge in [0.1, 0.15) is 24.7 Å². The van der Waals surface area contributed by atoms with Crippen molar-refractivity contribution in [3.05, 3.63) is 65.7 Å². The van der Waals surface area contributed by atoms with Crippen molar-refractivity contribution in [3.63, 3.8) is 0 Å². The van der Waals surface area contributed by atoms with Gasteiger partial charge in [0, 0.05) is 11.6 Å². The van der Waals surface area contributed by atoms with Gasteiger partial charge in [-0.3, -0.25) is 0 Å². The van der Waals surface area contributed by atoms with Crippen LogP contribution in [-0.2, 0) is 0 Å². The van der Waals surface area contributed by atoms with Crippen LogP contribution in [0.4, 0.5) is 0 Å². The molecule has 21 heavy (non-hydrogen) atoms. The van der Waals surface area contributed by atoms with Crippen LogP contribution in [0.1, 0.15) is 17.2 Å². The lowest BCUT2D eigenvalue weighted by Gasteiger charge is -2.07. The van der Waals surface area contributed by atoms with E-state index < -0.39 is 0 Å². The zero-order chi connectivity index (χ0) is 14.5. The molecule has 0 spiro atoms. The van der Waals surface area contributed by atoms with Crippen LogP contribution in [0.3, 0.4) is 0 Å². The summed E-state index contributed by atoms with van der Waals surface area (Å²) in [4.78, 5) is 0. The second kappa shape index (κ2) is 6.46. The van der Waals surface area contributed by atoms with Gasteiger partial charge in [-0.15, -0.1) is 0 Å². The van der Waals surface area contributed by atoms with Gasteiger partial charge >= 0.3 is 0 Å². The second-order valence-electron chi connectivity index (χ2n) is 4.98. The Balaban J connectivity index is 1.58. The molecule has 3 rings (SSSR count). The summed E-state index contributed by atoms with van der Waals surface area (Å²) in [5.74, 6) is 1.75. The fraction of sp³-hybridized carbons (Fsp3) is 0.222. The molecule has 2 aromatic carbocycles. The van der Waals surface area contributed by atoms with Gasteiger partial charge in [-0.2, -0.15) is 0 Å². The smallest absolute Gasteiger partial charge is 0.127 e. The van der Waals surface area contributed by atoms with Gasteiger partial charge in [-0.25, -0.2) is 0 Å². The number of fused-ring (bicyclic) bond motifs is 1. The van der Waals surface area contributed by atoms with Gasteiger partial charge in [0.15, 0.2) is 0 Å². The normalized spacial score (nSPS) is 16.7. The molecule has 2 aromatic rings. The molecule has 1 aliphatic rings. The number of likely N-dealkylation sites (N-methyl/N-ethyl adjacent to an activating group) is 1. The summed E-state index contributed by atoms with van der Waals surface area (Å²) in [6.45, 7) is 1.23. The van der Waals surface area contributed by atoms with E-state index in [1.54, 1.807) is 0 Å². The topological polar surface area (TPSA) is 30.5 Å². The van der Waals surface area contributed by atoms with E-state index in [4.69, 9.17) is 9.47 Å². The Labute approximate surface area is 125 Å². The van der Waals surface area contributed by atoms with Crippen LogP contribution < -0.4 is 14.8 Å². The van der Waals surface area contributed by atoms with Crippen LogP contribution in [-0.4, -0.2) is 20.3 Å². The Morgan fingerprint density at radius 1 is 1.24 bits per heavy atom. The highest BCUT2D eigenvalue weighted by Crippen LogP contribution is 2.34. The summed E-state index contributed by atoms with van der Waals surface area (Å²) in [6.07, 6.45) is 4.07. The van der Waals surface area contributed by atoms with E-state index in [1.165, 1.54) is 11.1 Å². The second-order valence-corrected chi connectivity index (χ2v) is 4.98. The molecule has 1 atom stereocenters. The molecule has 0 amide bonds. The van der Waals surface area contributed by atoms with Crippen LogP contribution in [0.5, 0.6) is 11.5 Å². The minimum atomic E-state index is 0.284. The summed E-state index contributed by atoms with van der Waals surface area (Å²) in [6, 6.07) is 16.5. The molecular formula is C18H19NO2. The van der Waals surface area contributed by atoms with Crippen LogP contribution in [0.25, 0.3) is 6.08 Å². The predicted octanol–water partition coefficient (Wildman–Crippen LogP) is 3.43. The van der Waals surface area contributed by atoms with Gasteiger partial charge in [0.05, 0.1) is 6.04 Å². The fourth-order valence-corrected chi connectivity index (χ4v) is 2.41. The lowest BCUT2D eigenvalue weighted by molar-refractivity contribution is 0.315. The van der Waals surface area contributed by atoms with E-state index in [1.807, 2.05) is 43.5 Å². The standard InChI is InChI=1S/C18H19NO2/c1-19-17-13-21-18-12-15(9-10-16(17)18)20-11-5-8-14-6-3-2-4-7-14/h2-10,12,17,19H,11,13H2,1H3. The zero-order valence-electron chi connectivity index (χ0n) is 12.1. The molecule has 1 N–H and O–H groups in total. The number of ether oxygens (including phenoxy) is 2. The highest BCUT2D eigenvalue weighted by atomic mass is 16.5. The van der Waals surface area contributed by atoms with Crippen molar-refractivity contribution < 1.29 is 9.47 Å². The first kappa shape index (κ1) is 13.7. The molecule has 1 heterocycles. The first-order chi connectivity index (χ1) is 10.4. The van der Waals surface area contributed by atoms with Crippen LogP contribution in [0, 0.1) is 0 Å². The monoisotopic (exact) mass is 281 g/mol. The molecule has 3 nitrogen and oxygen atoms in total. The highest BCUT2D eigenvalue weighted by molar-refractivity contribution is 5.49. The molecule has 0 aromatic heterocycles. The largest absolute Gasteiger partial charge is 0.491 e. The third kappa shape index (κ3) is 3.26. The first-order valence-corrected chi connectivity index (χ1v) is 7.15. The lowest BCUT2D eigenvalue weighted by atomic mass is 10.1. The first-order valence-electron chi connectivity index (χ1n) is 7.15. The number of benzene rings is 2. The molecule has 0 saturated heterocycles. The maximum Gasteiger partial charge on any atom is 0.127 e. The number of nitrogens with one attached hydrogen (secondary N) is 1. The molecule has 108 valence electrons. The molecule has 0 aliphatic carbocycles. The third-order valence-electron chi connectivity index (χ3n) is 3.57. The van der Waals surface area contributed by atoms with Crippen molar-refractivity contribution in [2.75, 3.05) is 20.3 Å². The molecule has 0 radical (unpaired) electrons. The van der Waals surface area contributed by atoms with E-state index >= 15 is 0 Å². The average Bonchev–Trinajstić information content (AvgIpc) is 2.95. The summed E-state index contributed by atoms with van der Waals surface area (Å²) in [5, 5.41) is 3.23. The lowest BCUT2D eigenvalue weighted by Crippen LogP contribution is -2.17. The quantitative estimate of drug-likeness (QED) is 0.910. The third-order valence-corrected chi connectivity index (χ3v) is 3.57. The van der Waals surface area contributed by atoms with Gasteiger partial charge in [0.25, 0.3) is 0 Å². The molecule has 1 aliphatic heterocycles. The summed E-state index contributed by atoms with van der Waals surface area (Å²) >= 11 is 0. The average molecular weight is 281 g/mol. The molecule has 3 heteroatoms. The van der Waals surface area contributed by atoms with Gasteiger partial charge in [-0.05, 0) is 30.8 Å². The fourth-order valence-electron chi connectivity index (χ4n) is 2.41. The molecule has 0 fully saturated rings. The van der Waals surface area contributed by atoms with Crippen molar-refractivity contribution in [1.29, 1.82) is 0 Å². The van der Waals surface area contributed by atoms with Gasteiger partial charge in [-0.1, -0.05) is 36.4 Å². The highest BCUT2D eigenvalue weighted by Gasteiger charge is 2.22. The maximum atomic E-state index is 5.73. The molecule has 0 bridgehead atoms. The summed E-state index contributed by atoms with van der Waals surface area (Å²) in [5.41, 5.74) is 2.37. The Morgan fingerprint density at radius 2 is 2.10 bits per heavy atom. The number of hydrogen-bond acceptors (Lipinski definition) is 3. The van der Waals surface area contributed by atoms with Gasteiger partial charge in [0.2, 0.25) is 0 Å². The zero-order valence-corrected chi connectivity index (χ0v) is 12.1. The van der Waals surface area contributed by atoms with Crippen LogP contribution in [0.15, 0.2) is 54.6 Å². The van der Waals surface area contributed by atoms with Gasteiger partial charge < -0.3 is 14.8 Å². The number of rotatable bonds is 5. The Morgan fingerprint density at radius 3 is 2.90 bits per heavy atom. The SMILES string of the molecule is CNC1COc2cc(OCC=Cc3ccccc3)ccc21.